The molecular formula is C18H19FN2O3. The molecule has 1 saturated heterocycles. The number of halogens is 1. The Labute approximate surface area is 139 Å². The number of amides is 1. The maximum Gasteiger partial charge on any atom is 0.255 e. The minimum absolute atomic E-state index is 0.0882. The SMILES string of the molecule is COc1ccc(-c2cncc(C(=O)N3CCC(F)(CO)C3)c2)cc1. The van der Waals surface area contributed by atoms with Crippen LogP contribution < -0.4 is 4.74 Å². The number of hydrogen-bond acceptors (Lipinski definition) is 4. The fourth-order valence-corrected chi connectivity index (χ4v) is 2.82. The maximum atomic E-state index is 14.1. The quantitative estimate of drug-likeness (QED) is 0.934. The third-order valence-corrected chi connectivity index (χ3v) is 4.28. The van der Waals surface area contributed by atoms with Crippen molar-refractivity contribution in [3.63, 3.8) is 0 Å². The van der Waals surface area contributed by atoms with Gasteiger partial charge < -0.3 is 14.7 Å². The highest BCUT2D eigenvalue weighted by molar-refractivity contribution is 5.95. The predicted octanol–water partition coefficient (Wildman–Crippen LogP) is 2.30. The summed E-state index contributed by atoms with van der Waals surface area (Å²) in [5, 5.41) is 9.10. The molecule has 0 spiro atoms. The Hall–Kier alpha value is -2.47. The first-order chi connectivity index (χ1) is 11.5. The topological polar surface area (TPSA) is 62.7 Å². The Morgan fingerprint density at radius 1 is 1.33 bits per heavy atom. The number of hydrogen-bond donors (Lipinski definition) is 1. The Morgan fingerprint density at radius 3 is 2.71 bits per heavy atom. The highest BCUT2D eigenvalue weighted by Crippen LogP contribution is 2.27. The number of carbonyl (C=O) groups is 1. The summed E-state index contributed by atoms with van der Waals surface area (Å²) in [5.41, 5.74) is 0.424. The number of nitrogens with zero attached hydrogens (tertiary/aromatic N) is 2. The molecule has 0 aliphatic carbocycles. The monoisotopic (exact) mass is 330 g/mol. The average molecular weight is 330 g/mol. The van der Waals surface area contributed by atoms with Crippen molar-refractivity contribution >= 4 is 5.91 Å². The van der Waals surface area contributed by atoms with Crippen LogP contribution in [0.1, 0.15) is 16.8 Å². The van der Waals surface area contributed by atoms with Gasteiger partial charge in [0.2, 0.25) is 0 Å². The summed E-state index contributed by atoms with van der Waals surface area (Å²) in [6, 6.07) is 9.19. The van der Waals surface area contributed by atoms with Gasteiger partial charge in [-0.3, -0.25) is 9.78 Å². The third kappa shape index (κ3) is 3.23. The second-order valence-electron chi connectivity index (χ2n) is 5.98. The molecule has 0 bridgehead atoms. The summed E-state index contributed by atoms with van der Waals surface area (Å²) in [7, 11) is 1.60. The number of aliphatic hydroxyl groups is 1. The molecule has 24 heavy (non-hydrogen) atoms. The summed E-state index contributed by atoms with van der Waals surface area (Å²) in [4.78, 5) is 18.1. The Kier molecular flexibility index (Phi) is 4.49. The molecule has 1 N–H and O–H groups in total. The lowest BCUT2D eigenvalue weighted by Crippen LogP contribution is -2.35. The number of alkyl halides is 1. The summed E-state index contributed by atoms with van der Waals surface area (Å²) in [6.45, 7) is -0.362. The van der Waals surface area contributed by atoms with Gasteiger partial charge in [0.15, 0.2) is 5.67 Å². The summed E-state index contributed by atoms with van der Waals surface area (Å²) in [5.74, 6) is 0.477. The number of aromatic nitrogens is 1. The second-order valence-corrected chi connectivity index (χ2v) is 5.98. The van der Waals surface area contributed by atoms with Gasteiger partial charge >= 0.3 is 0 Å². The van der Waals surface area contributed by atoms with Crippen molar-refractivity contribution in [3.8, 4) is 16.9 Å². The van der Waals surface area contributed by atoms with Gasteiger partial charge in [0.05, 0.1) is 25.8 Å². The van der Waals surface area contributed by atoms with E-state index in [0.717, 1.165) is 16.9 Å². The lowest BCUT2D eigenvalue weighted by atomic mass is 10.1. The maximum absolute atomic E-state index is 14.1. The number of pyridine rings is 1. The van der Waals surface area contributed by atoms with Crippen molar-refractivity contribution in [1.29, 1.82) is 0 Å². The molecule has 0 radical (unpaired) electrons. The predicted molar refractivity (Wildman–Crippen MR) is 87.7 cm³/mol. The molecule has 1 aromatic heterocycles. The summed E-state index contributed by atoms with van der Waals surface area (Å²) in [6.07, 6.45) is 3.31. The van der Waals surface area contributed by atoms with E-state index in [9.17, 15) is 9.18 Å². The zero-order valence-corrected chi connectivity index (χ0v) is 13.4. The first-order valence-corrected chi connectivity index (χ1v) is 7.73. The van der Waals surface area contributed by atoms with Crippen molar-refractivity contribution in [3.05, 3.63) is 48.3 Å². The van der Waals surface area contributed by atoms with Crippen LogP contribution in [0.3, 0.4) is 0 Å². The van der Waals surface area contributed by atoms with E-state index in [1.165, 1.54) is 11.1 Å². The van der Waals surface area contributed by atoms with Gasteiger partial charge in [0.25, 0.3) is 5.91 Å². The van der Waals surface area contributed by atoms with Crippen molar-refractivity contribution in [2.75, 3.05) is 26.8 Å². The molecule has 0 saturated carbocycles. The molecule has 1 aliphatic rings. The van der Waals surface area contributed by atoms with E-state index < -0.39 is 12.3 Å². The molecule has 1 fully saturated rings. The zero-order chi connectivity index (χ0) is 17.2. The second kappa shape index (κ2) is 6.57. The van der Waals surface area contributed by atoms with E-state index in [0.29, 0.717) is 12.1 Å². The first kappa shape index (κ1) is 16.4. The van der Waals surface area contributed by atoms with Crippen molar-refractivity contribution in [2.24, 2.45) is 0 Å². The van der Waals surface area contributed by atoms with Gasteiger partial charge in [0, 0.05) is 30.9 Å². The van der Waals surface area contributed by atoms with Crippen LogP contribution in [-0.2, 0) is 0 Å². The number of likely N-dealkylation sites (tertiary alicyclic amines) is 1. The fraction of sp³-hybridized carbons (Fsp3) is 0.333. The van der Waals surface area contributed by atoms with Crippen LogP contribution >= 0.6 is 0 Å². The van der Waals surface area contributed by atoms with Crippen molar-refractivity contribution < 1.29 is 19.0 Å². The number of ether oxygens (including phenoxy) is 1. The number of aliphatic hydroxyl groups excluding tert-OH is 1. The first-order valence-electron chi connectivity index (χ1n) is 7.73. The van der Waals surface area contributed by atoms with Crippen LogP contribution in [0.5, 0.6) is 5.75 Å². The molecule has 2 heterocycles. The largest absolute Gasteiger partial charge is 0.497 e. The Bertz CT molecular complexity index is 735. The molecule has 5 nitrogen and oxygen atoms in total. The summed E-state index contributed by atoms with van der Waals surface area (Å²) >= 11 is 0. The van der Waals surface area contributed by atoms with Crippen LogP contribution in [0.15, 0.2) is 42.7 Å². The molecule has 1 unspecified atom stereocenters. The van der Waals surface area contributed by atoms with Crippen LogP contribution in [0, 0.1) is 0 Å². The van der Waals surface area contributed by atoms with Crippen LogP contribution in [0.2, 0.25) is 0 Å². The third-order valence-electron chi connectivity index (χ3n) is 4.28. The van der Waals surface area contributed by atoms with E-state index in [4.69, 9.17) is 9.84 Å². The number of carbonyl (C=O) groups excluding carboxylic acids is 1. The van der Waals surface area contributed by atoms with Gasteiger partial charge in [0.1, 0.15) is 5.75 Å². The molecule has 6 heteroatoms. The Morgan fingerprint density at radius 2 is 2.08 bits per heavy atom. The summed E-state index contributed by atoms with van der Waals surface area (Å²) < 4.78 is 19.2. The minimum atomic E-state index is -1.70. The van der Waals surface area contributed by atoms with Gasteiger partial charge in [-0.05, 0) is 23.8 Å². The molecule has 1 atom stereocenters. The normalized spacial score (nSPS) is 20.2. The molecule has 126 valence electrons. The van der Waals surface area contributed by atoms with E-state index in [2.05, 4.69) is 4.98 Å². The van der Waals surface area contributed by atoms with Crippen molar-refractivity contribution in [1.82, 2.24) is 9.88 Å². The van der Waals surface area contributed by atoms with Gasteiger partial charge in [-0.2, -0.15) is 0 Å². The van der Waals surface area contributed by atoms with Crippen LogP contribution in [-0.4, -0.2) is 53.4 Å². The number of benzene rings is 1. The molecule has 2 aromatic rings. The molecule has 1 amide bonds. The van der Waals surface area contributed by atoms with Gasteiger partial charge in [-0.1, -0.05) is 12.1 Å². The molecule has 1 aromatic carbocycles. The average Bonchev–Trinajstić information content (AvgIpc) is 3.04. The molecule has 3 rings (SSSR count). The number of methoxy groups -OCH3 is 1. The highest BCUT2D eigenvalue weighted by Gasteiger charge is 2.40. The molecular weight excluding hydrogens is 311 g/mol. The van der Waals surface area contributed by atoms with Crippen LogP contribution in [0.4, 0.5) is 4.39 Å². The van der Waals surface area contributed by atoms with E-state index in [1.807, 2.05) is 24.3 Å². The number of rotatable bonds is 4. The minimum Gasteiger partial charge on any atom is -0.497 e. The smallest absolute Gasteiger partial charge is 0.255 e. The standard InChI is InChI=1S/C18H19FN2O3/c1-24-16-4-2-13(3-5-16)14-8-15(10-20-9-14)17(23)21-7-6-18(19,11-21)12-22/h2-5,8-10,22H,6-7,11-12H2,1H3. The van der Waals surface area contributed by atoms with Gasteiger partial charge in [-0.25, -0.2) is 4.39 Å². The Balaban J connectivity index is 1.81. The lowest BCUT2D eigenvalue weighted by molar-refractivity contribution is 0.0631. The van der Waals surface area contributed by atoms with E-state index in [-0.39, 0.29) is 18.9 Å². The van der Waals surface area contributed by atoms with Crippen LogP contribution in [0.25, 0.3) is 11.1 Å². The van der Waals surface area contributed by atoms with Gasteiger partial charge in [-0.15, -0.1) is 0 Å². The molecule has 1 aliphatic heterocycles. The zero-order valence-electron chi connectivity index (χ0n) is 13.4. The van der Waals surface area contributed by atoms with Crippen molar-refractivity contribution in [2.45, 2.75) is 12.1 Å². The van der Waals surface area contributed by atoms with E-state index in [1.54, 1.807) is 19.4 Å². The fourth-order valence-electron chi connectivity index (χ4n) is 2.82. The van der Waals surface area contributed by atoms with E-state index >= 15 is 0 Å². The lowest BCUT2D eigenvalue weighted by Gasteiger charge is -2.19. The highest BCUT2D eigenvalue weighted by atomic mass is 19.1.